The van der Waals surface area contributed by atoms with Gasteiger partial charge in [-0.1, -0.05) is 72.3 Å². The van der Waals surface area contributed by atoms with Crippen molar-refractivity contribution < 1.29 is 9.47 Å². The molecule has 0 aliphatic rings. The molecule has 2 unspecified atom stereocenters. The summed E-state index contributed by atoms with van der Waals surface area (Å²) in [4.78, 5) is 0. The average molecular weight is 399 g/mol. The second kappa shape index (κ2) is 12.8. The van der Waals surface area contributed by atoms with Gasteiger partial charge in [-0.15, -0.1) is 0 Å². The summed E-state index contributed by atoms with van der Waals surface area (Å²) in [6, 6.07) is 10.9. The van der Waals surface area contributed by atoms with Crippen LogP contribution in [-0.2, 0) is 0 Å². The molecule has 162 valence electrons. The summed E-state index contributed by atoms with van der Waals surface area (Å²) < 4.78 is 12.4. The number of fused-ring (bicyclic) bond motifs is 1. The van der Waals surface area contributed by atoms with Gasteiger partial charge in [-0.25, -0.2) is 0 Å². The molecule has 2 nitrogen and oxygen atoms in total. The monoisotopic (exact) mass is 398 g/mol. The lowest BCUT2D eigenvalue weighted by molar-refractivity contribution is 0.232. The molecule has 0 N–H and O–H groups in total. The summed E-state index contributed by atoms with van der Waals surface area (Å²) in [7, 11) is 0. The SMILES string of the molecule is CCCCC(CC)COc1ccc2cc(OCC(CC)CCCC)c(C)cc2c1. The lowest BCUT2D eigenvalue weighted by Crippen LogP contribution is -2.12. The maximum absolute atomic E-state index is 6.22. The number of aryl methyl sites for hydroxylation is 1. The number of hydrogen-bond acceptors (Lipinski definition) is 2. The minimum Gasteiger partial charge on any atom is -0.493 e. The van der Waals surface area contributed by atoms with Crippen molar-refractivity contribution in [2.75, 3.05) is 13.2 Å². The molecule has 2 aromatic carbocycles. The highest BCUT2D eigenvalue weighted by Gasteiger charge is 2.11. The van der Waals surface area contributed by atoms with E-state index < -0.39 is 0 Å². The second-order valence-electron chi connectivity index (χ2n) is 8.58. The Labute approximate surface area is 179 Å². The Hall–Kier alpha value is -1.70. The van der Waals surface area contributed by atoms with Crippen LogP contribution in [0.15, 0.2) is 30.3 Å². The fourth-order valence-electron chi connectivity index (χ4n) is 3.83. The summed E-state index contributed by atoms with van der Waals surface area (Å²) in [5.74, 6) is 3.31. The first kappa shape index (κ1) is 23.6. The Kier molecular flexibility index (Phi) is 10.4. The molecule has 29 heavy (non-hydrogen) atoms. The lowest BCUT2D eigenvalue weighted by Gasteiger charge is -2.18. The maximum Gasteiger partial charge on any atom is 0.122 e. The van der Waals surface area contributed by atoms with Gasteiger partial charge in [0.05, 0.1) is 13.2 Å². The summed E-state index contributed by atoms with van der Waals surface area (Å²) in [6.45, 7) is 12.8. The van der Waals surface area contributed by atoms with Gasteiger partial charge in [0.25, 0.3) is 0 Å². The van der Waals surface area contributed by atoms with Crippen molar-refractivity contribution >= 4 is 10.8 Å². The molecule has 0 aliphatic carbocycles. The smallest absolute Gasteiger partial charge is 0.122 e. The third-order valence-electron chi connectivity index (χ3n) is 6.15. The summed E-state index contributed by atoms with van der Waals surface area (Å²) >= 11 is 0. The van der Waals surface area contributed by atoms with E-state index in [4.69, 9.17) is 9.47 Å². The lowest BCUT2D eigenvalue weighted by atomic mass is 10.0. The van der Waals surface area contributed by atoms with Gasteiger partial charge >= 0.3 is 0 Å². The van der Waals surface area contributed by atoms with Gasteiger partial charge in [0.15, 0.2) is 0 Å². The van der Waals surface area contributed by atoms with E-state index in [-0.39, 0.29) is 0 Å². The van der Waals surface area contributed by atoms with Crippen LogP contribution in [0.5, 0.6) is 11.5 Å². The molecule has 0 aliphatic heterocycles. The molecule has 0 radical (unpaired) electrons. The highest BCUT2D eigenvalue weighted by molar-refractivity contribution is 5.86. The standard InChI is InChI=1S/C27H42O2/c1-6-10-12-22(8-3)19-28-26-15-14-24-18-27(21(5)16-25(24)17-26)29-20-23(9-4)13-11-7-2/h14-18,22-23H,6-13,19-20H2,1-5H3. The molecule has 0 heterocycles. The highest BCUT2D eigenvalue weighted by atomic mass is 16.5. The molecule has 2 aromatic rings. The van der Waals surface area contributed by atoms with E-state index in [1.165, 1.54) is 67.7 Å². The number of unbranched alkanes of at least 4 members (excludes halogenated alkanes) is 2. The van der Waals surface area contributed by atoms with Gasteiger partial charge in [0.1, 0.15) is 11.5 Å². The predicted octanol–water partition coefficient (Wildman–Crippen LogP) is 8.34. The molecule has 0 saturated carbocycles. The van der Waals surface area contributed by atoms with Crippen molar-refractivity contribution in [3.05, 3.63) is 35.9 Å². The number of hydrogen-bond donors (Lipinski definition) is 0. The van der Waals surface area contributed by atoms with Crippen molar-refractivity contribution in [3.8, 4) is 11.5 Å². The van der Waals surface area contributed by atoms with Gasteiger partial charge in [0.2, 0.25) is 0 Å². The Morgan fingerprint density at radius 2 is 1.34 bits per heavy atom. The molecule has 0 fully saturated rings. The van der Waals surface area contributed by atoms with Crippen molar-refractivity contribution in [2.24, 2.45) is 11.8 Å². The first-order valence-electron chi connectivity index (χ1n) is 11.9. The van der Waals surface area contributed by atoms with Crippen LogP contribution >= 0.6 is 0 Å². The van der Waals surface area contributed by atoms with Crippen molar-refractivity contribution in [1.82, 2.24) is 0 Å². The third kappa shape index (κ3) is 7.57. The Morgan fingerprint density at radius 1 is 0.724 bits per heavy atom. The van der Waals surface area contributed by atoms with E-state index in [2.05, 4.69) is 65.0 Å². The fraction of sp³-hybridized carbons (Fsp3) is 0.630. The molecular formula is C27H42O2. The number of rotatable bonds is 14. The van der Waals surface area contributed by atoms with Gasteiger partial charge in [0, 0.05) is 0 Å². The van der Waals surface area contributed by atoms with Crippen LogP contribution in [-0.4, -0.2) is 13.2 Å². The second-order valence-corrected chi connectivity index (χ2v) is 8.58. The van der Waals surface area contributed by atoms with Crippen LogP contribution in [0.2, 0.25) is 0 Å². The van der Waals surface area contributed by atoms with E-state index >= 15 is 0 Å². The molecular weight excluding hydrogens is 356 g/mol. The predicted molar refractivity (Wildman–Crippen MR) is 126 cm³/mol. The summed E-state index contributed by atoms with van der Waals surface area (Å²) in [6.07, 6.45) is 9.99. The van der Waals surface area contributed by atoms with Crippen molar-refractivity contribution in [3.63, 3.8) is 0 Å². The normalized spacial score (nSPS) is 13.4. The van der Waals surface area contributed by atoms with E-state index in [9.17, 15) is 0 Å². The van der Waals surface area contributed by atoms with Crippen LogP contribution in [0.25, 0.3) is 10.8 Å². The van der Waals surface area contributed by atoms with Gasteiger partial charge in [-0.2, -0.15) is 0 Å². The quantitative estimate of drug-likeness (QED) is 0.318. The topological polar surface area (TPSA) is 18.5 Å². The fourth-order valence-corrected chi connectivity index (χ4v) is 3.83. The number of benzene rings is 2. The largest absolute Gasteiger partial charge is 0.493 e. The van der Waals surface area contributed by atoms with E-state index in [1.807, 2.05) is 0 Å². The minimum absolute atomic E-state index is 0.653. The molecule has 0 amide bonds. The maximum atomic E-state index is 6.22. The summed E-state index contributed by atoms with van der Waals surface area (Å²) in [5, 5.41) is 2.45. The number of ether oxygens (including phenoxy) is 2. The van der Waals surface area contributed by atoms with Crippen molar-refractivity contribution in [1.29, 1.82) is 0 Å². The molecule has 2 heteroatoms. The first-order chi connectivity index (χ1) is 14.1. The molecule has 0 saturated heterocycles. The Balaban J connectivity index is 2.02. The Morgan fingerprint density at radius 3 is 1.93 bits per heavy atom. The zero-order chi connectivity index (χ0) is 21.1. The molecule has 2 rings (SSSR count). The van der Waals surface area contributed by atoms with E-state index in [1.54, 1.807) is 0 Å². The van der Waals surface area contributed by atoms with Crippen LogP contribution in [0.3, 0.4) is 0 Å². The van der Waals surface area contributed by atoms with Gasteiger partial charge in [-0.3, -0.25) is 0 Å². The van der Waals surface area contributed by atoms with Crippen LogP contribution in [0.1, 0.15) is 84.6 Å². The third-order valence-corrected chi connectivity index (χ3v) is 6.15. The zero-order valence-corrected chi connectivity index (χ0v) is 19.4. The van der Waals surface area contributed by atoms with Gasteiger partial charge in [-0.05, 0) is 72.2 Å². The van der Waals surface area contributed by atoms with Crippen molar-refractivity contribution in [2.45, 2.75) is 86.0 Å². The van der Waals surface area contributed by atoms with Gasteiger partial charge < -0.3 is 9.47 Å². The highest BCUT2D eigenvalue weighted by Crippen LogP contribution is 2.29. The molecule has 0 bridgehead atoms. The van der Waals surface area contributed by atoms with Crippen LogP contribution < -0.4 is 9.47 Å². The Bertz CT molecular complexity index is 722. The first-order valence-corrected chi connectivity index (χ1v) is 11.9. The van der Waals surface area contributed by atoms with E-state index in [0.717, 1.165) is 24.7 Å². The minimum atomic E-state index is 0.653. The van der Waals surface area contributed by atoms with Crippen LogP contribution in [0.4, 0.5) is 0 Å². The van der Waals surface area contributed by atoms with E-state index in [0.29, 0.717) is 11.8 Å². The summed E-state index contributed by atoms with van der Waals surface area (Å²) in [5.41, 5.74) is 1.20. The average Bonchev–Trinajstić information content (AvgIpc) is 2.74. The van der Waals surface area contributed by atoms with Crippen LogP contribution in [0, 0.1) is 18.8 Å². The molecule has 2 atom stereocenters. The molecule has 0 aromatic heterocycles. The molecule has 0 spiro atoms. The zero-order valence-electron chi connectivity index (χ0n) is 19.4.